The molecule has 0 aliphatic heterocycles. The number of rotatable bonds is 5. The standard InChI is InChI=1S/C15H18ClN3OS/c1-3-15(4-2,11-5-7-12(16)8-6-11)19-13(20)18-14-17-9-10-21-14/h5-10H,3-4H2,1-2H3,(H2,17,18,19,20). The van der Waals surface area contributed by atoms with E-state index in [1.54, 1.807) is 6.20 Å². The van der Waals surface area contributed by atoms with Gasteiger partial charge in [-0.15, -0.1) is 11.3 Å². The van der Waals surface area contributed by atoms with Crippen LogP contribution >= 0.6 is 22.9 Å². The lowest BCUT2D eigenvalue weighted by atomic mass is 9.85. The van der Waals surface area contributed by atoms with Gasteiger partial charge in [0.1, 0.15) is 0 Å². The molecule has 2 amide bonds. The van der Waals surface area contributed by atoms with Crippen LogP contribution in [0, 0.1) is 0 Å². The first kappa shape index (κ1) is 15.8. The third-order valence-corrected chi connectivity index (χ3v) is 4.55. The summed E-state index contributed by atoms with van der Waals surface area (Å²) in [6.45, 7) is 4.11. The summed E-state index contributed by atoms with van der Waals surface area (Å²) in [6, 6.07) is 7.36. The highest BCUT2D eigenvalue weighted by atomic mass is 35.5. The van der Waals surface area contributed by atoms with E-state index in [0.29, 0.717) is 10.2 Å². The number of nitrogens with zero attached hydrogens (tertiary/aromatic N) is 1. The molecule has 0 fully saturated rings. The monoisotopic (exact) mass is 323 g/mol. The van der Waals surface area contributed by atoms with Crippen molar-refractivity contribution >= 4 is 34.1 Å². The number of anilines is 1. The Morgan fingerprint density at radius 1 is 1.29 bits per heavy atom. The van der Waals surface area contributed by atoms with Crippen LogP contribution in [0.5, 0.6) is 0 Å². The van der Waals surface area contributed by atoms with Crippen molar-refractivity contribution in [1.82, 2.24) is 10.3 Å². The second kappa shape index (κ2) is 6.91. The third kappa shape index (κ3) is 3.74. The second-order valence-corrected chi connectivity index (χ2v) is 6.04. The molecule has 0 spiro atoms. The van der Waals surface area contributed by atoms with E-state index in [0.717, 1.165) is 18.4 Å². The van der Waals surface area contributed by atoms with Crippen molar-refractivity contribution in [1.29, 1.82) is 0 Å². The Morgan fingerprint density at radius 2 is 1.95 bits per heavy atom. The first-order chi connectivity index (χ1) is 10.1. The molecule has 21 heavy (non-hydrogen) atoms. The van der Waals surface area contributed by atoms with Gasteiger partial charge in [-0.1, -0.05) is 37.6 Å². The van der Waals surface area contributed by atoms with Gasteiger partial charge in [0.2, 0.25) is 0 Å². The number of urea groups is 1. The molecule has 0 saturated heterocycles. The van der Waals surface area contributed by atoms with E-state index >= 15 is 0 Å². The summed E-state index contributed by atoms with van der Waals surface area (Å²) in [5.41, 5.74) is 0.637. The van der Waals surface area contributed by atoms with Crippen molar-refractivity contribution in [3.8, 4) is 0 Å². The molecular weight excluding hydrogens is 306 g/mol. The zero-order valence-corrected chi connectivity index (χ0v) is 13.6. The average molecular weight is 324 g/mol. The number of hydrogen-bond donors (Lipinski definition) is 2. The summed E-state index contributed by atoms with van der Waals surface area (Å²) in [6.07, 6.45) is 3.24. The van der Waals surface area contributed by atoms with Gasteiger partial charge in [0.25, 0.3) is 0 Å². The van der Waals surface area contributed by atoms with Crippen LogP contribution in [-0.4, -0.2) is 11.0 Å². The fourth-order valence-corrected chi connectivity index (χ4v) is 2.96. The number of nitrogens with one attached hydrogen (secondary N) is 2. The van der Waals surface area contributed by atoms with Crippen molar-refractivity contribution in [2.45, 2.75) is 32.2 Å². The summed E-state index contributed by atoms with van der Waals surface area (Å²) >= 11 is 7.33. The molecule has 0 aliphatic rings. The van der Waals surface area contributed by atoms with E-state index < -0.39 is 5.54 Å². The average Bonchev–Trinajstić information content (AvgIpc) is 2.98. The fourth-order valence-electron chi connectivity index (χ4n) is 2.31. The molecule has 112 valence electrons. The van der Waals surface area contributed by atoms with E-state index in [-0.39, 0.29) is 6.03 Å². The predicted molar refractivity (Wildman–Crippen MR) is 88.0 cm³/mol. The lowest BCUT2D eigenvalue weighted by molar-refractivity contribution is 0.232. The SMILES string of the molecule is CCC(CC)(NC(=O)Nc1nccs1)c1ccc(Cl)cc1. The maximum absolute atomic E-state index is 12.2. The number of amides is 2. The highest BCUT2D eigenvalue weighted by molar-refractivity contribution is 7.13. The van der Waals surface area contributed by atoms with Crippen LogP contribution in [0.4, 0.5) is 9.93 Å². The smallest absolute Gasteiger partial charge is 0.321 e. The number of benzene rings is 1. The van der Waals surface area contributed by atoms with E-state index in [4.69, 9.17) is 11.6 Å². The zero-order chi connectivity index (χ0) is 15.3. The molecule has 2 aromatic rings. The molecule has 2 rings (SSSR count). The summed E-state index contributed by atoms with van der Waals surface area (Å²) in [5, 5.41) is 8.93. The molecule has 0 radical (unpaired) electrons. The highest BCUT2D eigenvalue weighted by Crippen LogP contribution is 2.30. The van der Waals surface area contributed by atoms with Crippen LogP contribution in [-0.2, 0) is 5.54 Å². The summed E-state index contributed by atoms with van der Waals surface area (Å²) in [5.74, 6) is 0. The van der Waals surface area contributed by atoms with Crippen LogP contribution in [0.3, 0.4) is 0 Å². The molecule has 4 nitrogen and oxygen atoms in total. The molecule has 2 N–H and O–H groups in total. The third-order valence-electron chi connectivity index (χ3n) is 3.61. The van der Waals surface area contributed by atoms with Gasteiger partial charge in [-0.05, 0) is 30.5 Å². The highest BCUT2D eigenvalue weighted by Gasteiger charge is 2.30. The van der Waals surface area contributed by atoms with Crippen molar-refractivity contribution in [2.24, 2.45) is 0 Å². The summed E-state index contributed by atoms with van der Waals surface area (Å²) in [4.78, 5) is 16.3. The van der Waals surface area contributed by atoms with Crippen LogP contribution in [0.1, 0.15) is 32.3 Å². The molecule has 1 heterocycles. The van der Waals surface area contributed by atoms with Gasteiger partial charge in [-0.3, -0.25) is 5.32 Å². The Balaban J connectivity index is 2.17. The largest absolute Gasteiger partial charge is 0.328 e. The molecule has 0 atom stereocenters. The number of thiazole rings is 1. The minimum Gasteiger partial charge on any atom is -0.328 e. The van der Waals surface area contributed by atoms with Crippen LogP contribution in [0.2, 0.25) is 5.02 Å². The zero-order valence-electron chi connectivity index (χ0n) is 12.0. The maximum atomic E-state index is 12.2. The van der Waals surface area contributed by atoms with Crippen molar-refractivity contribution < 1.29 is 4.79 Å². The molecule has 0 aliphatic carbocycles. The second-order valence-electron chi connectivity index (χ2n) is 4.71. The van der Waals surface area contributed by atoms with Gasteiger partial charge in [-0.2, -0.15) is 0 Å². The van der Waals surface area contributed by atoms with Crippen LogP contribution in [0.15, 0.2) is 35.8 Å². The summed E-state index contributed by atoms with van der Waals surface area (Å²) < 4.78 is 0. The van der Waals surface area contributed by atoms with E-state index in [9.17, 15) is 4.79 Å². The van der Waals surface area contributed by atoms with E-state index in [1.807, 2.05) is 29.6 Å². The maximum Gasteiger partial charge on any atom is 0.321 e. The first-order valence-corrected chi connectivity index (χ1v) is 8.10. The Labute approximate surface area is 133 Å². The molecular formula is C15H18ClN3OS. The molecule has 0 saturated carbocycles. The van der Waals surface area contributed by atoms with Crippen LogP contribution < -0.4 is 10.6 Å². The molecule has 1 aromatic carbocycles. The Hall–Kier alpha value is -1.59. The van der Waals surface area contributed by atoms with Gasteiger partial charge in [0.05, 0.1) is 5.54 Å². The van der Waals surface area contributed by atoms with Gasteiger partial charge in [0, 0.05) is 16.6 Å². The number of aromatic nitrogens is 1. The van der Waals surface area contributed by atoms with Gasteiger partial charge < -0.3 is 5.32 Å². The Bertz CT molecular complexity index is 579. The van der Waals surface area contributed by atoms with Gasteiger partial charge in [-0.25, -0.2) is 9.78 Å². The Morgan fingerprint density at radius 3 is 2.48 bits per heavy atom. The lowest BCUT2D eigenvalue weighted by Gasteiger charge is -2.33. The molecule has 6 heteroatoms. The molecule has 0 unspecified atom stereocenters. The topological polar surface area (TPSA) is 54.0 Å². The van der Waals surface area contributed by atoms with Crippen molar-refractivity contribution in [2.75, 3.05) is 5.32 Å². The number of carbonyl (C=O) groups is 1. The van der Waals surface area contributed by atoms with Crippen molar-refractivity contribution in [3.63, 3.8) is 0 Å². The number of halogens is 1. The Kier molecular flexibility index (Phi) is 5.20. The minimum atomic E-state index is -0.411. The van der Waals surface area contributed by atoms with E-state index in [1.165, 1.54) is 11.3 Å². The number of carbonyl (C=O) groups excluding carboxylic acids is 1. The fraction of sp³-hybridized carbons (Fsp3) is 0.333. The summed E-state index contributed by atoms with van der Waals surface area (Å²) in [7, 11) is 0. The predicted octanol–water partition coefficient (Wildman–Crippen LogP) is 4.63. The van der Waals surface area contributed by atoms with Crippen LogP contribution in [0.25, 0.3) is 0 Å². The number of hydrogen-bond acceptors (Lipinski definition) is 3. The lowest BCUT2D eigenvalue weighted by Crippen LogP contribution is -2.47. The molecule has 1 aromatic heterocycles. The van der Waals surface area contributed by atoms with Crippen molar-refractivity contribution in [3.05, 3.63) is 46.4 Å². The van der Waals surface area contributed by atoms with Gasteiger partial charge in [0.15, 0.2) is 5.13 Å². The first-order valence-electron chi connectivity index (χ1n) is 6.84. The van der Waals surface area contributed by atoms with Gasteiger partial charge >= 0.3 is 6.03 Å². The minimum absolute atomic E-state index is 0.247. The normalized spacial score (nSPS) is 11.2. The van der Waals surface area contributed by atoms with E-state index in [2.05, 4.69) is 29.5 Å². The molecule has 0 bridgehead atoms. The quantitative estimate of drug-likeness (QED) is 0.842.